The number of fused-ring (bicyclic) bond motifs is 1. The number of benzene rings is 1. The highest BCUT2D eigenvalue weighted by atomic mass is 16.3. The molecular formula is C28H28N6O. The average molecular weight is 465 g/mol. The molecule has 0 aliphatic carbocycles. The molecule has 35 heavy (non-hydrogen) atoms. The molecule has 3 aromatic heterocycles. The Morgan fingerprint density at radius 3 is 2.80 bits per heavy atom. The highest BCUT2D eigenvalue weighted by molar-refractivity contribution is 5.90. The number of nitriles is 1. The van der Waals surface area contributed by atoms with Gasteiger partial charge in [-0.05, 0) is 67.8 Å². The van der Waals surface area contributed by atoms with E-state index in [-0.39, 0.29) is 6.10 Å². The molecule has 1 aliphatic heterocycles. The monoisotopic (exact) mass is 464 g/mol. The van der Waals surface area contributed by atoms with E-state index in [9.17, 15) is 10.4 Å². The molecule has 3 N–H and O–H groups in total. The van der Waals surface area contributed by atoms with Crippen LogP contribution < -0.4 is 5.32 Å². The largest absolute Gasteiger partial charge is 0.392 e. The van der Waals surface area contributed by atoms with Crippen LogP contribution in [0.2, 0.25) is 0 Å². The Bertz CT molecular complexity index is 1430. The fourth-order valence-electron chi connectivity index (χ4n) is 4.61. The number of hydrogen-bond acceptors (Lipinski definition) is 6. The molecule has 1 saturated heterocycles. The fraction of sp³-hybridized carbons (Fsp3) is 0.250. The van der Waals surface area contributed by atoms with Crippen LogP contribution in [-0.4, -0.2) is 44.2 Å². The number of β-amino-alcohol motifs (C(OH)–C–C–N with tert-alkyl or cyclic N) is 1. The Morgan fingerprint density at radius 2 is 2.06 bits per heavy atom. The molecular weight excluding hydrogens is 436 g/mol. The van der Waals surface area contributed by atoms with Gasteiger partial charge in [0.25, 0.3) is 0 Å². The summed E-state index contributed by atoms with van der Waals surface area (Å²) in [6.45, 7) is 6.43. The van der Waals surface area contributed by atoms with Crippen LogP contribution in [0.25, 0.3) is 23.1 Å². The summed E-state index contributed by atoms with van der Waals surface area (Å²) in [5.74, 6) is 0. The van der Waals surface area contributed by atoms with Crippen molar-refractivity contribution in [2.24, 2.45) is 0 Å². The van der Waals surface area contributed by atoms with Gasteiger partial charge in [0.1, 0.15) is 6.07 Å². The number of aliphatic hydroxyl groups excluding tert-OH is 1. The van der Waals surface area contributed by atoms with E-state index in [1.165, 1.54) is 0 Å². The van der Waals surface area contributed by atoms with Gasteiger partial charge >= 0.3 is 0 Å². The molecule has 1 fully saturated rings. The minimum Gasteiger partial charge on any atom is -0.392 e. The SMILES string of the molecule is Cc1ncc(C#N)c(Nc2ccc3[nH]ccc3c2C)c1/C=C/c1ccc(CN2CCC(O)C2)cn1. The van der Waals surface area contributed by atoms with Crippen molar-refractivity contribution in [2.75, 3.05) is 18.4 Å². The lowest BCUT2D eigenvalue weighted by Gasteiger charge is -2.16. The first-order chi connectivity index (χ1) is 17.0. The summed E-state index contributed by atoms with van der Waals surface area (Å²) in [6, 6.07) is 12.5. The summed E-state index contributed by atoms with van der Waals surface area (Å²) >= 11 is 0. The first kappa shape index (κ1) is 22.8. The van der Waals surface area contributed by atoms with Gasteiger partial charge in [0, 0.05) is 66.1 Å². The number of H-pyrrole nitrogens is 1. The average Bonchev–Trinajstić information content (AvgIpc) is 3.51. The third-order valence-corrected chi connectivity index (χ3v) is 6.62. The lowest BCUT2D eigenvalue weighted by molar-refractivity contribution is 0.174. The normalized spacial score (nSPS) is 16.2. The Morgan fingerprint density at radius 1 is 1.17 bits per heavy atom. The Balaban J connectivity index is 1.41. The van der Waals surface area contributed by atoms with Crippen LogP contribution in [0.1, 0.15) is 40.1 Å². The van der Waals surface area contributed by atoms with Crippen LogP contribution in [0, 0.1) is 25.2 Å². The van der Waals surface area contributed by atoms with E-state index in [2.05, 4.69) is 50.3 Å². The van der Waals surface area contributed by atoms with E-state index in [1.54, 1.807) is 6.20 Å². The van der Waals surface area contributed by atoms with Crippen molar-refractivity contribution in [2.45, 2.75) is 32.9 Å². The maximum Gasteiger partial charge on any atom is 0.103 e. The highest BCUT2D eigenvalue weighted by Gasteiger charge is 2.20. The van der Waals surface area contributed by atoms with Gasteiger partial charge < -0.3 is 15.4 Å². The maximum absolute atomic E-state index is 9.78. The molecule has 5 rings (SSSR count). The Hall–Kier alpha value is -3.99. The molecule has 1 aliphatic rings. The van der Waals surface area contributed by atoms with Gasteiger partial charge in [-0.1, -0.05) is 6.07 Å². The lowest BCUT2D eigenvalue weighted by atomic mass is 10.0. The number of nitrogens with one attached hydrogen (secondary N) is 2. The minimum absolute atomic E-state index is 0.220. The highest BCUT2D eigenvalue weighted by Crippen LogP contribution is 2.32. The minimum atomic E-state index is -0.220. The molecule has 4 heterocycles. The number of nitrogens with zero attached hydrogens (tertiary/aromatic N) is 4. The summed E-state index contributed by atoms with van der Waals surface area (Å²) in [6.07, 6.45) is 9.95. The van der Waals surface area contributed by atoms with Crippen molar-refractivity contribution in [1.29, 1.82) is 5.26 Å². The van der Waals surface area contributed by atoms with Gasteiger partial charge in [-0.2, -0.15) is 5.26 Å². The van der Waals surface area contributed by atoms with Crippen molar-refractivity contribution in [3.05, 3.63) is 82.6 Å². The number of aliphatic hydroxyl groups is 1. The van der Waals surface area contributed by atoms with E-state index in [0.29, 0.717) is 5.56 Å². The van der Waals surface area contributed by atoms with Crippen LogP contribution in [0.4, 0.5) is 11.4 Å². The number of likely N-dealkylation sites (tertiary alicyclic amines) is 1. The fourth-order valence-corrected chi connectivity index (χ4v) is 4.61. The van der Waals surface area contributed by atoms with E-state index in [1.807, 2.05) is 49.7 Å². The molecule has 1 aromatic carbocycles. The van der Waals surface area contributed by atoms with Crippen LogP contribution in [0.15, 0.2) is 48.9 Å². The topological polar surface area (TPSA) is 101 Å². The Labute approximate surface area is 204 Å². The predicted octanol–water partition coefficient (Wildman–Crippen LogP) is 4.93. The van der Waals surface area contributed by atoms with Gasteiger partial charge in [0.05, 0.1) is 23.0 Å². The van der Waals surface area contributed by atoms with Gasteiger partial charge in [0.15, 0.2) is 0 Å². The zero-order valence-electron chi connectivity index (χ0n) is 19.9. The van der Waals surface area contributed by atoms with Crippen LogP contribution in [0.5, 0.6) is 0 Å². The van der Waals surface area contributed by atoms with Crippen LogP contribution in [0.3, 0.4) is 0 Å². The van der Waals surface area contributed by atoms with Crippen LogP contribution >= 0.6 is 0 Å². The molecule has 0 bridgehead atoms. The summed E-state index contributed by atoms with van der Waals surface area (Å²) < 4.78 is 0. The molecule has 4 aromatic rings. The number of aromatic amines is 1. The van der Waals surface area contributed by atoms with Crippen molar-refractivity contribution in [1.82, 2.24) is 19.9 Å². The number of pyridine rings is 2. The second-order valence-electron chi connectivity index (χ2n) is 9.06. The predicted molar refractivity (Wildman–Crippen MR) is 139 cm³/mol. The van der Waals surface area contributed by atoms with Crippen molar-refractivity contribution in [3.8, 4) is 6.07 Å². The molecule has 7 nitrogen and oxygen atoms in total. The molecule has 7 heteroatoms. The molecule has 0 saturated carbocycles. The number of rotatable bonds is 6. The molecule has 1 unspecified atom stereocenters. The third kappa shape index (κ3) is 4.80. The Kier molecular flexibility index (Phi) is 6.32. The van der Waals surface area contributed by atoms with Gasteiger partial charge in [-0.25, -0.2) is 0 Å². The van der Waals surface area contributed by atoms with E-state index < -0.39 is 0 Å². The van der Waals surface area contributed by atoms with Crippen molar-refractivity contribution in [3.63, 3.8) is 0 Å². The number of hydrogen-bond donors (Lipinski definition) is 3. The first-order valence-corrected chi connectivity index (χ1v) is 11.8. The molecule has 0 radical (unpaired) electrons. The first-order valence-electron chi connectivity index (χ1n) is 11.8. The second kappa shape index (κ2) is 9.71. The smallest absolute Gasteiger partial charge is 0.103 e. The number of anilines is 2. The summed E-state index contributed by atoms with van der Waals surface area (Å²) in [5.41, 5.74) is 7.99. The number of aryl methyl sites for hydroxylation is 2. The summed E-state index contributed by atoms with van der Waals surface area (Å²) in [5, 5.41) is 24.1. The van der Waals surface area contributed by atoms with E-state index in [0.717, 1.165) is 76.4 Å². The zero-order valence-corrected chi connectivity index (χ0v) is 19.9. The molecule has 176 valence electrons. The molecule has 0 amide bonds. The van der Waals surface area contributed by atoms with Crippen LogP contribution in [-0.2, 0) is 6.54 Å². The quantitative estimate of drug-likeness (QED) is 0.374. The van der Waals surface area contributed by atoms with E-state index in [4.69, 9.17) is 0 Å². The lowest BCUT2D eigenvalue weighted by Crippen LogP contribution is -2.21. The van der Waals surface area contributed by atoms with Crippen molar-refractivity contribution < 1.29 is 5.11 Å². The molecule has 0 spiro atoms. The van der Waals surface area contributed by atoms with Crippen molar-refractivity contribution >= 4 is 34.4 Å². The van der Waals surface area contributed by atoms with Gasteiger partial charge in [-0.15, -0.1) is 0 Å². The second-order valence-corrected chi connectivity index (χ2v) is 9.06. The molecule has 1 atom stereocenters. The van der Waals surface area contributed by atoms with E-state index >= 15 is 0 Å². The summed E-state index contributed by atoms with van der Waals surface area (Å²) in [4.78, 5) is 14.5. The standard InChI is InChI=1S/C28H28N6O/c1-18-24-9-11-30-27(24)8-7-26(18)33-28-21(13-29)15-31-19(2)25(28)6-5-22-4-3-20(14-32-22)16-34-12-10-23(35)17-34/h3-9,11,14-15,23,30,35H,10,12,16-17H2,1-2H3,(H,31,33)/b6-5+. The third-order valence-electron chi connectivity index (χ3n) is 6.62. The zero-order chi connectivity index (χ0) is 24.4. The summed E-state index contributed by atoms with van der Waals surface area (Å²) in [7, 11) is 0. The van der Waals surface area contributed by atoms with Gasteiger partial charge in [0.2, 0.25) is 0 Å². The number of aromatic nitrogens is 3. The van der Waals surface area contributed by atoms with Gasteiger partial charge in [-0.3, -0.25) is 14.9 Å². The maximum atomic E-state index is 9.78.